The first kappa shape index (κ1) is 31.5. The van der Waals surface area contributed by atoms with Crippen molar-refractivity contribution in [1.29, 1.82) is 0 Å². The number of nitrogens with one attached hydrogen (secondary N) is 1. The second-order valence-corrected chi connectivity index (χ2v) is 11.1. The van der Waals surface area contributed by atoms with E-state index < -0.39 is 60.9 Å². The number of aliphatic hydroxyl groups is 1. The molecule has 0 aliphatic heterocycles. The third kappa shape index (κ3) is 7.78. The lowest BCUT2D eigenvalue weighted by molar-refractivity contribution is -0.172. The Morgan fingerprint density at radius 2 is 1.76 bits per heavy atom. The number of esters is 3. The molecule has 1 aromatic carbocycles. The molecule has 12 heteroatoms. The molecule has 0 spiro atoms. The largest absolute Gasteiger partial charge is 0.438 e. The molecule has 12 nitrogen and oxygen atoms in total. The Morgan fingerprint density at radius 3 is 2.39 bits per heavy atom. The van der Waals surface area contributed by atoms with Crippen molar-refractivity contribution in [3.05, 3.63) is 41.0 Å². The Hall–Kier alpha value is -4.06. The lowest BCUT2D eigenvalue weighted by atomic mass is 9.61. The highest BCUT2D eigenvalue weighted by Crippen LogP contribution is 2.55. The van der Waals surface area contributed by atoms with Crippen molar-refractivity contribution < 1.29 is 48.0 Å². The van der Waals surface area contributed by atoms with Crippen LogP contribution in [-0.4, -0.2) is 60.4 Å². The van der Waals surface area contributed by atoms with Gasteiger partial charge in [0.25, 0.3) is 0 Å². The monoisotopic (exact) mass is 572 g/mol. The maximum atomic E-state index is 13.2. The maximum Gasteiger partial charge on any atom is 0.438 e. The second-order valence-electron chi connectivity index (χ2n) is 11.1. The predicted molar refractivity (Wildman–Crippen MR) is 145 cm³/mol. The molecule has 1 fully saturated rings. The number of aliphatic hydroxyl groups excluding tert-OH is 1. The molecule has 0 radical (unpaired) electrons. The van der Waals surface area contributed by atoms with Crippen molar-refractivity contribution >= 4 is 41.2 Å². The number of ether oxygens (including phenoxy) is 4. The van der Waals surface area contributed by atoms with Crippen LogP contribution in [-0.2, 0) is 44.7 Å². The van der Waals surface area contributed by atoms with Gasteiger partial charge in [0.15, 0.2) is 0 Å². The minimum Gasteiger partial charge on any atom is -0.428 e. The van der Waals surface area contributed by atoms with Gasteiger partial charge in [0.2, 0.25) is 13.6 Å². The average Bonchev–Trinajstić information content (AvgIpc) is 3.21. The van der Waals surface area contributed by atoms with Gasteiger partial charge in [0, 0.05) is 19.4 Å². The van der Waals surface area contributed by atoms with E-state index >= 15 is 0 Å². The minimum atomic E-state index is -0.926. The molecule has 2 aliphatic rings. The molecule has 0 heterocycles. The number of amidine groups is 1. The van der Waals surface area contributed by atoms with E-state index in [1.165, 1.54) is 6.92 Å². The Bertz CT molecular complexity index is 1270. The lowest BCUT2D eigenvalue weighted by Gasteiger charge is -2.41. The van der Waals surface area contributed by atoms with E-state index in [0.717, 1.165) is 5.56 Å². The zero-order valence-electron chi connectivity index (χ0n) is 24.0. The molecule has 0 aromatic heterocycles. The number of hydrogen-bond acceptors (Lipinski definition) is 10. The summed E-state index contributed by atoms with van der Waals surface area (Å²) in [5, 5.41) is 13.2. The predicted octanol–water partition coefficient (Wildman–Crippen LogP) is 2.91. The van der Waals surface area contributed by atoms with Gasteiger partial charge in [0.05, 0.1) is 23.0 Å². The van der Waals surface area contributed by atoms with E-state index in [4.69, 9.17) is 9.47 Å². The SMILES string of the molecule is CC(=O)OCOC(=O)/N=C(\C)NCc1cccc(C2=C(C(=O)OCOC(=O)C(C)(C)C)C3C(=O)[C@H]([C@@H](C)O)C3C2)c1. The number of ketones is 1. The normalized spacial score (nSPS) is 20.9. The summed E-state index contributed by atoms with van der Waals surface area (Å²) in [4.78, 5) is 64.4. The molecule has 1 amide bonds. The van der Waals surface area contributed by atoms with Gasteiger partial charge in [-0.3, -0.25) is 14.4 Å². The van der Waals surface area contributed by atoms with Gasteiger partial charge < -0.3 is 29.4 Å². The van der Waals surface area contributed by atoms with Crippen LogP contribution in [0.2, 0.25) is 0 Å². The van der Waals surface area contributed by atoms with Crippen molar-refractivity contribution in [2.45, 2.75) is 60.6 Å². The van der Waals surface area contributed by atoms with Gasteiger partial charge in [0.1, 0.15) is 11.6 Å². The van der Waals surface area contributed by atoms with Crippen LogP contribution in [0.5, 0.6) is 0 Å². The van der Waals surface area contributed by atoms with Gasteiger partial charge in [-0.05, 0) is 69.7 Å². The molecule has 2 aliphatic carbocycles. The van der Waals surface area contributed by atoms with Crippen molar-refractivity contribution in [3.63, 3.8) is 0 Å². The van der Waals surface area contributed by atoms with Crippen molar-refractivity contribution in [2.75, 3.05) is 13.6 Å². The lowest BCUT2D eigenvalue weighted by Crippen LogP contribution is -2.51. The molecule has 0 saturated heterocycles. The topological polar surface area (TPSA) is 167 Å². The number of hydrogen-bond donors (Lipinski definition) is 2. The quantitative estimate of drug-likeness (QED) is 0.193. The zero-order chi connectivity index (χ0) is 30.5. The number of Topliss-reactive ketones (excluding diaryl/α,β-unsaturated/α-hetero) is 1. The molecule has 2 unspecified atom stereocenters. The maximum absolute atomic E-state index is 13.2. The van der Waals surface area contributed by atoms with Gasteiger partial charge in [-0.2, -0.15) is 4.99 Å². The van der Waals surface area contributed by atoms with Gasteiger partial charge in [-0.15, -0.1) is 0 Å². The first-order valence-electron chi connectivity index (χ1n) is 13.2. The van der Waals surface area contributed by atoms with E-state index in [1.54, 1.807) is 40.7 Å². The molecule has 1 aromatic rings. The van der Waals surface area contributed by atoms with Crippen molar-refractivity contribution in [3.8, 4) is 0 Å². The summed E-state index contributed by atoms with van der Waals surface area (Å²) in [6.45, 7) is 8.50. The Morgan fingerprint density at radius 1 is 1.07 bits per heavy atom. The highest BCUT2D eigenvalue weighted by molar-refractivity contribution is 6.10. The molecule has 1 saturated carbocycles. The Labute approximate surface area is 238 Å². The van der Waals surface area contributed by atoms with Gasteiger partial charge in [-0.1, -0.05) is 18.2 Å². The zero-order valence-corrected chi connectivity index (χ0v) is 24.0. The van der Waals surface area contributed by atoms with Crippen LogP contribution in [0.3, 0.4) is 0 Å². The van der Waals surface area contributed by atoms with E-state index in [1.807, 2.05) is 18.2 Å². The number of allylic oxidation sites excluding steroid dienone is 1. The van der Waals surface area contributed by atoms with Crippen LogP contribution in [0.1, 0.15) is 59.1 Å². The van der Waals surface area contributed by atoms with E-state index in [-0.39, 0.29) is 29.7 Å². The van der Waals surface area contributed by atoms with Crippen LogP contribution in [0.25, 0.3) is 5.57 Å². The summed E-state index contributed by atoms with van der Waals surface area (Å²) in [5.41, 5.74) is 1.56. The van der Waals surface area contributed by atoms with Crippen LogP contribution < -0.4 is 5.32 Å². The molecule has 4 atom stereocenters. The van der Waals surface area contributed by atoms with Crippen LogP contribution in [0, 0.1) is 23.2 Å². The number of rotatable bonds is 9. The molecule has 222 valence electrons. The first-order chi connectivity index (χ1) is 19.2. The summed E-state index contributed by atoms with van der Waals surface area (Å²) in [5.74, 6) is -3.35. The Balaban J connectivity index is 1.76. The minimum absolute atomic E-state index is 0.210. The summed E-state index contributed by atoms with van der Waals surface area (Å²) in [7, 11) is 0. The van der Waals surface area contributed by atoms with Crippen molar-refractivity contribution in [1.82, 2.24) is 5.32 Å². The summed E-state index contributed by atoms with van der Waals surface area (Å²) in [6.07, 6.45) is -1.39. The van der Waals surface area contributed by atoms with Crippen molar-refractivity contribution in [2.24, 2.45) is 28.2 Å². The third-order valence-corrected chi connectivity index (χ3v) is 6.86. The smallest absolute Gasteiger partial charge is 0.428 e. The van der Waals surface area contributed by atoms with Gasteiger partial charge in [-0.25, -0.2) is 9.59 Å². The fraction of sp³-hybridized carbons (Fsp3) is 0.517. The standard InChI is InChI=1S/C29H36N2O10/c1-15(32)22-21-11-20(24(23(21)25(22)34)26(35)39-14-40-27(36)29(4,5)6)19-9-7-8-18(10-19)12-30-16(2)31-28(37)41-13-38-17(3)33/h7-10,15,21-23,32H,11-14H2,1-6H3,(H,30,31,37)/t15-,21?,22-,23?/m1/s1. The molecule has 2 N–H and O–H groups in total. The number of fused-ring (bicyclic) bond motifs is 1. The van der Waals surface area contributed by atoms with Gasteiger partial charge >= 0.3 is 24.0 Å². The summed E-state index contributed by atoms with van der Waals surface area (Å²) >= 11 is 0. The van der Waals surface area contributed by atoms with E-state index in [2.05, 4.69) is 19.8 Å². The highest BCUT2D eigenvalue weighted by Gasteiger charge is 2.58. The number of carbonyl (C=O) groups excluding carboxylic acids is 5. The Kier molecular flexibility index (Phi) is 10.0. The molecule has 3 rings (SSSR count). The highest BCUT2D eigenvalue weighted by atomic mass is 16.7. The molecule has 0 bridgehead atoms. The number of amides is 1. The van der Waals surface area contributed by atoms with E-state index in [9.17, 15) is 29.1 Å². The number of carbonyl (C=O) groups is 5. The number of benzene rings is 1. The van der Waals surface area contributed by atoms with Crippen LogP contribution in [0.15, 0.2) is 34.8 Å². The fourth-order valence-corrected chi connectivity index (χ4v) is 4.87. The molecular formula is C29H36N2O10. The summed E-state index contributed by atoms with van der Waals surface area (Å²) < 4.78 is 19.6. The molecular weight excluding hydrogens is 536 g/mol. The van der Waals surface area contributed by atoms with Crippen LogP contribution >= 0.6 is 0 Å². The first-order valence-corrected chi connectivity index (χ1v) is 13.2. The molecule has 41 heavy (non-hydrogen) atoms. The second kappa shape index (κ2) is 13.1. The van der Waals surface area contributed by atoms with Crippen LogP contribution in [0.4, 0.5) is 4.79 Å². The fourth-order valence-electron chi connectivity index (χ4n) is 4.87. The number of nitrogens with zero attached hydrogens (tertiary/aromatic N) is 1. The summed E-state index contributed by atoms with van der Waals surface area (Å²) in [6, 6.07) is 7.28. The third-order valence-electron chi connectivity index (χ3n) is 6.86. The van der Waals surface area contributed by atoms with E-state index in [0.29, 0.717) is 17.6 Å². The number of aliphatic imine (C=N–C) groups is 1. The average molecular weight is 573 g/mol.